The molecule has 5 rings (SSSR count). The molecule has 2 amide bonds. The Labute approximate surface area is 302 Å². The molecule has 0 spiro atoms. The molecular weight excluding hydrogens is 714 g/mol. The highest BCUT2D eigenvalue weighted by molar-refractivity contribution is 9.10. The van der Waals surface area contributed by atoms with Crippen molar-refractivity contribution in [2.24, 2.45) is 0 Å². The smallest absolute Gasteiger partial charge is 0.264 e. The van der Waals surface area contributed by atoms with Gasteiger partial charge in [-0.1, -0.05) is 102 Å². The lowest BCUT2D eigenvalue weighted by Crippen LogP contribution is -2.54. The molecule has 0 saturated heterocycles. The van der Waals surface area contributed by atoms with E-state index in [0.717, 1.165) is 19.9 Å². The van der Waals surface area contributed by atoms with Crippen LogP contribution in [0.4, 0.5) is 5.69 Å². The number of nitrogens with one attached hydrogen (secondary N) is 1. The van der Waals surface area contributed by atoms with Crippen LogP contribution in [0.15, 0.2) is 149 Å². The molecule has 5 aromatic carbocycles. The van der Waals surface area contributed by atoms with Gasteiger partial charge in [-0.15, -0.1) is 0 Å². The van der Waals surface area contributed by atoms with Crippen LogP contribution in [-0.4, -0.2) is 43.8 Å². The zero-order valence-corrected chi connectivity index (χ0v) is 30.4. The quantitative estimate of drug-likeness (QED) is 0.117. The van der Waals surface area contributed by atoms with E-state index in [0.29, 0.717) is 17.9 Å². The molecule has 10 heteroatoms. The van der Waals surface area contributed by atoms with E-state index in [2.05, 4.69) is 21.2 Å². The minimum Gasteiger partial charge on any atom is -0.457 e. The van der Waals surface area contributed by atoms with Crippen molar-refractivity contribution in [3.05, 3.63) is 155 Å². The number of halogens is 1. The van der Waals surface area contributed by atoms with E-state index in [9.17, 15) is 18.0 Å². The number of ether oxygens (including phenoxy) is 1. The monoisotopic (exact) mass is 753 g/mol. The Morgan fingerprint density at radius 3 is 1.96 bits per heavy atom. The summed E-state index contributed by atoms with van der Waals surface area (Å²) in [4.78, 5) is 30.2. The molecule has 0 aliphatic heterocycles. The average molecular weight is 755 g/mol. The van der Waals surface area contributed by atoms with Crippen molar-refractivity contribution in [3.63, 3.8) is 0 Å². The fourth-order valence-electron chi connectivity index (χ4n) is 5.38. The van der Waals surface area contributed by atoms with Gasteiger partial charge in [0.25, 0.3) is 10.0 Å². The summed E-state index contributed by atoms with van der Waals surface area (Å²) >= 11 is 3.52. The number of anilines is 1. The van der Waals surface area contributed by atoms with Crippen molar-refractivity contribution in [1.29, 1.82) is 0 Å². The number of hydrogen-bond donors (Lipinski definition) is 1. The van der Waals surface area contributed by atoms with Crippen LogP contribution in [0, 0.1) is 0 Å². The van der Waals surface area contributed by atoms with Gasteiger partial charge in [0, 0.05) is 23.5 Å². The second kappa shape index (κ2) is 17.1. The number of rotatable bonds is 15. The molecule has 8 nitrogen and oxygen atoms in total. The molecule has 50 heavy (non-hydrogen) atoms. The predicted molar refractivity (Wildman–Crippen MR) is 200 cm³/mol. The maximum absolute atomic E-state index is 14.7. The average Bonchev–Trinajstić information content (AvgIpc) is 3.13. The van der Waals surface area contributed by atoms with Crippen LogP contribution in [0.5, 0.6) is 11.5 Å². The SMILES string of the molecule is CC[C@@H](C)NC(=O)[C@H](Cc1ccccc1)N(Cc1cccc(Br)c1)C(=O)CN(c1ccc(Oc2ccccc2)cc1)S(=O)(=O)c1ccccc1. The zero-order valence-electron chi connectivity index (χ0n) is 28.0. The van der Waals surface area contributed by atoms with Gasteiger partial charge in [-0.25, -0.2) is 8.42 Å². The van der Waals surface area contributed by atoms with Gasteiger partial charge in [-0.2, -0.15) is 0 Å². The number of carbonyl (C=O) groups is 2. The lowest BCUT2D eigenvalue weighted by atomic mass is 10.0. The largest absolute Gasteiger partial charge is 0.457 e. The number of para-hydroxylation sites is 1. The Kier molecular flexibility index (Phi) is 12.5. The molecule has 1 N–H and O–H groups in total. The molecule has 0 aromatic heterocycles. The van der Waals surface area contributed by atoms with Crippen molar-refractivity contribution in [1.82, 2.24) is 10.2 Å². The summed E-state index contributed by atoms with van der Waals surface area (Å²) in [7, 11) is -4.22. The fourth-order valence-corrected chi connectivity index (χ4v) is 7.26. The Morgan fingerprint density at radius 1 is 0.760 bits per heavy atom. The Balaban J connectivity index is 1.55. The molecular formula is C40H40BrN3O5S. The second-order valence-corrected chi connectivity index (χ2v) is 14.7. The molecule has 0 bridgehead atoms. The van der Waals surface area contributed by atoms with E-state index in [1.54, 1.807) is 42.5 Å². The van der Waals surface area contributed by atoms with Crippen molar-refractivity contribution in [3.8, 4) is 11.5 Å². The molecule has 2 atom stereocenters. The summed E-state index contributed by atoms with van der Waals surface area (Å²) in [6, 6.07) is 39.7. The maximum atomic E-state index is 14.7. The molecule has 0 fully saturated rings. The standard InChI is InChI=1S/C40H40BrN3O5S/c1-3-30(2)42-40(46)38(27-31-14-7-4-8-15-31)43(28-32-16-13-17-33(41)26-32)39(45)29-44(50(47,48)37-20-11-6-12-21-37)34-22-24-36(25-23-34)49-35-18-9-5-10-19-35/h4-26,30,38H,3,27-29H2,1-2H3,(H,42,46)/t30-,38+/m1/s1. The van der Waals surface area contributed by atoms with E-state index >= 15 is 0 Å². The molecule has 0 unspecified atom stereocenters. The summed E-state index contributed by atoms with van der Waals surface area (Å²) in [6.07, 6.45) is 0.941. The van der Waals surface area contributed by atoms with Gasteiger partial charge >= 0.3 is 0 Å². The Morgan fingerprint density at radius 2 is 1.34 bits per heavy atom. The highest BCUT2D eigenvalue weighted by Crippen LogP contribution is 2.29. The first kappa shape index (κ1) is 36.4. The minimum atomic E-state index is -4.22. The summed E-state index contributed by atoms with van der Waals surface area (Å²) < 4.78 is 36.4. The number of nitrogens with zero attached hydrogens (tertiary/aromatic N) is 2. The van der Waals surface area contributed by atoms with Crippen LogP contribution in [0.25, 0.3) is 0 Å². The summed E-state index contributed by atoms with van der Waals surface area (Å²) in [6.45, 7) is 3.42. The maximum Gasteiger partial charge on any atom is 0.264 e. The van der Waals surface area contributed by atoms with Crippen LogP contribution >= 0.6 is 15.9 Å². The van der Waals surface area contributed by atoms with Crippen LogP contribution < -0.4 is 14.4 Å². The van der Waals surface area contributed by atoms with E-state index in [4.69, 9.17) is 4.74 Å². The predicted octanol–water partition coefficient (Wildman–Crippen LogP) is 7.99. The number of hydrogen-bond acceptors (Lipinski definition) is 5. The van der Waals surface area contributed by atoms with E-state index in [1.807, 2.05) is 98.8 Å². The number of amides is 2. The van der Waals surface area contributed by atoms with Gasteiger partial charge in [-0.3, -0.25) is 13.9 Å². The fraction of sp³-hybridized carbons (Fsp3) is 0.200. The highest BCUT2D eigenvalue weighted by Gasteiger charge is 2.35. The summed E-state index contributed by atoms with van der Waals surface area (Å²) in [5.41, 5.74) is 1.92. The Bertz CT molecular complexity index is 1960. The van der Waals surface area contributed by atoms with Crippen molar-refractivity contribution < 1.29 is 22.7 Å². The zero-order chi connectivity index (χ0) is 35.5. The van der Waals surface area contributed by atoms with Gasteiger partial charge in [-0.05, 0) is 85.1 Å². The first-order valence-corrected chi connectivity index (χ1v) is 18.7. The van der Waals surface area contributed by atoms with Crippen LogP contribution in [0.1, 0.15) is 31.4 Å². The lowest BCUT2D eigenvalue weighted by Gasteiger charge is -2.34. The number of carbonyl (C=O) groups excluding carboxylic acids is 2. The van der Waals surface area contributed by atoms with Gasteiger partial charge in [0.15, 0.2) is 0 Å². The first-order chi connectivity index (χ1) is 24.1. The van der Waals surface area contributed by atoms with Gasteiger partial charge < -0.3 is 15.0 Å². The molecule has 0 aliphatic carbocycles. The second-order valence-electron chi connectivity index (χ2n) is 11.9. The third kappa shape index (κ3) is 9.61. The van der Waals surface area contributed by atoms with Crippen LogP contribution in [-0.2, 0) is 32.6 Å². The van der Waals surface area contributed by atoms with Gasteiger partial charge in [0.1, 0.15) is 24.1 Å². The normalized spacial score (nSPS) is 12.4. The number of sulfonamides is 1. The third-order valence-corrected chi connectivity index (χ3v) is 10.5. The van der Waals surface area contributed by atoms with E-state index < -0.39 is 28.5 Å². The van der Waals surface area contributed by atoms with Crippen molar-refractivity contribution in [2.75, 3.05) is 10.8 Å². The number of benzene rings is 5. The van der Waals surface area contributed by atoms with Crippen molar-refractivity contribution in [2.45, 2.75) is 50.2 Å². The highest BCUT2D eigenvalue weighted by atomic mass is 79.9. The third-order valence-electron chi connectivity index (χ3n) is 8.23. The molecule has 0 saturated carbocycles. The summed E-state index contributed by atoms with van der Waals surface area (Å²) in [5.74, 6) is 0.289. The van der Waals surface area contributed by atoms with E-state index in [-0.39, 0.29) is 35.5 Å². The summed E-state index contributed by atoms with van der Waals surface area (Å²) in [5, 5.41) is 3.06. The van der Waals surface area contributed by atoms with Gasteiger partial charge in [0.05, 0.1) is 10.6 Å². The molecule has 258 valence electrons. The van der Waals surface area contributed by atoms with Crippen LogP contribution in [0.3, 0.4) is 0 Å². The van der Waals surface area contributed by atoms with E-state index in [1.165, 1.54) is 17.0 Å². The topological polar surface area (TPSA) is 96.0 Å². The minimum absolute atomic E-state index is 0.0336. The van der Waals surface area contributed by atoms with Gasteiger partial charge in [0.2, 0.25) is 11.8 Å². The first-order valence-electron chi connectivity index (χ1n) is 16.4. The van der Waals surface area contributed by atoms with Crippen molar-refractivity contribution >= 4 is 43.5 Å². The van der Waals surface area contributed by atoms with Crippen LogP contribution in [0.2, 0.25) is 0 Å². The lowest BCUT2D eigenvalue weighted by molar-refractivity contribution is -0.140. The molecule has 0 radical (unpaired) electrons. The Hall–Kier alpha value is -4.93. The molecule has 0 heterocycles. The molecule has 0 aliphatic rings. The molecule has 5 aromatic rings.